The third-order valence-corrected chi connectivity index (χ3v) is 2.51. The zero-order valence-electron chi connectivity index (χ0n) is 9.99. The van der Waals surface area contributed by atoms with Crippen molar-refractivity contribution in [3.63, 3.8) is 0 Å². The molecule has 1 unspecified atom stereocenters. The van der Waals surface area contributed by atoms with Crippen molar-refractivity contribution in [3.8, 4) is 11.5 Å². The van der Waals surface area contributed by atoms with Gasteiger partial charge in [0.25, 0.3) is 0 Å². The van der Waals surface area contributed by atoms with Crippen LogP contribution in [0.4, 0.5) is 0 Å². The fourth-order valence-corrected chi connectivity index (χ4v) is 1.48. The Morgan fingerprint density at radius 3 is 2.50 bits per heavy atom. The molecule has 0 saturated heterocycles. The summed E-state index contributed by atoms with van der Waals surface area (Å²) in [6, 6.07) is 5.51. The monoisotopic (exact) mass is 225 g/mol. The Hall–Kier alpha value is -1.26. The van der Waals surface area contributed by atoms with Crippen molar-refractivity contribution in [2.45, 2.75) is 18.9 Å². The van der Waals surface area contributed by atoms with Gasteiger partial charge in [-0.3, -0.25) is 0 Å². The van der Waals surface area contributed by atoms with Crippen molar-refractivity contribution in [2.75, 3.05) is 20.8 Å². The van der Waals surface area contributed by atoms with Gasteiger partial charge in [-0.2, -0.15) is 0 Å². The molecular weight excluding hydrogens is 206 g/mol. The lowest BCUT2D eigenvalue weighted by atomic mass is 9.96. The molecule has 0 amide bonds. The zero-order chi connectivity index (χ0) is 12.2. The predicted octanol–water partition coefficient (Wildman–Crippen LogP) is 0.956. The average Bonchev–Trinajstić information content (AvgIpc) is 2.29. The topological polar surface area (TPSA) is 64.7 Å². The summed E-state index contributed by atoms with van der Waals surface area (Å²) < 4.78 is 10.3. The predicted molar refractivity (Wildman–Crippen MR) is 62.9 cm³/mol. The van der Waals surface area contributed by atoms with Gasteiger partial charge in [0.15, 0.2) is 0 Å². The van der Waals surface area contributed by atoms with E-state index in [9.17, 15) is 5.11 Å². The number of aliphatic hydroxyl groups is 1. The van der Waals surface area contributed by atoms with E-state index in [0.717, 1.165) is 11.3 Å². The molecule has 0 radical (unpaired) electrons. The lowest BCUT2D eigenvalue weighted by Gasteiger charge is -2.22. The van der Waals surface area contributed by atoms with E-state index in [1.54, 1.807) is 27.2 Å². The van der Waals surface area contributed by atoms with Gasteiger partial charge >= 0.3 is 0 Å². The summed E-state index contributed by atoms with van der Waals surface area (Å²) in [5, 5.41) is 9.91. The second-order valence-corrected chi connectivity index (χ2v) is 4.06. The molecule has 90 valence electrons. The molecule has 4 heteroatoms. The average molecular weight is 225 g/mol. The molecule has 0 aliphatic carbocycles. The lowest BCUT2D eigenvalue weighted by molar-refractivity contribution is 0.0689. The van der Waals surface area contributed by atoms with Crippen molar-refractivity contribution in [1.82, 2.24) is 0 Å². The van der Waals surface area contributed by atoms with Crippen molar-refractivity contribution in [1.29, 1.82) is 0 Å². The maximum Gasteiger partial charge on any atom is 0.125 e. The molecule has 0 heterocycles. The Balaban J connectivity index is 2.96. The van der Waals surface area contributed by atoms with Gasteiger partial charge in [0, 0.05) is 19.0 Å². The number of methoxy groups -OCH3 is 2. The molecule has 0 fully saturated rings. The Labute approximate surface area is 96.0 Å². The van der Waals surface area contributed by atoms with Gasteiger partial charge < -0.3 is 20.3 Å². The molecule has 3 N–H and O–H groups in total. The first-order chi connectivity index (χ1) is 7.52. The van der Waals surface area contributed by atoms with E-state index in [4.69, 9.17) is 15.2 Å². The Bertz CT molecular complexity index is 350. The van der Waals surface area contributed by atoms with Crippen LogP contribution in [0.3, 0.4) is 0 Å². The maximum absolute atomic E-state index is 9.91. The van der Waals surface area contributed by atoms with Gasteiger partial charge in [-0.25, -0.2) is 0 Å². The van der Waals surface area contributed by atoms with Crippen LogP contribution < -0.4 is 15.2 Å². The summed E-state index contributed by atoms with van der Waals surface area (Å²) in [6.45, 7) is 1.92. The van der Waals surface area contributed by atoms with Gasteiger partial charge in [-0.15, -0.1) is 0 Å². The molecule has 16 heavy (non-hydrogen) atoms. The normalized spacial score (nSPS) is 14.3. The summed E-state index contributed by atoms with van der Waals surface area (Å²) in [7, 11) is 3.19. The molecule has 4 nitrogen and oxygen atoms in total. The highest BCUT2D eigenvalue weighted by atomic mass is 16.5. The highest BCUT2D eigenvalue weighted by Gasteiger charge is 2.20. The van der Waals surface area contributed by atoms with Crippen LogP contribution >= 0.6 is 0 Å². The van der Waals surface area contributed by atoms with Crippen LogP contribution in [0.5, 0.6) is 11.5 Å². The third kappa shape index (κ3) is 3.12. The molecule has 0 aliphatic rings. The fraction of sp³-hybridized carbons (Fsp3) is 0.500. The van der Waals surface area contributed by atoms with E-state index in [1.807, 2.05) is 12.1 Å². The molecule has 0 bridgehead atoms. The van der Waals surface area contributed by atoms with Crippen LogP contribution in [0.2, 0.25) is 0 Å². The van der Waals surface area contributed by atoms with E-state index in [-0.39, 0.29) is 6.54 Å². The number of hydrogen-bond donors (Lipinski definition) is 2. The molecule has 1 atom stereocenters. The first kappa shape index (κ1) is 12.8. The fourth-order valence-electron chi connectivity index (χ4n) is 1.48. The highest BCUT2D eigenvalue weighted by molar-refractivity contribution is 5.41. The lowest BCUT2D eigenvalue weighted by Crippen LogP contribution is -2.36. The minimum absolute atomic E-state index is 0.210. The number of hydrogen-bond acceptors (Lipinski definition) is 4. The second-order valence-electron chi connectivity index (χ2n) is 4.06. The first-order valence-electron chi connectivity index (χ1n) is 5.16. The minimum Gasteiger partial charge on any atom is -0.497 e. The third-order valence-electron chi connectivity index (χ3n) is 2.51. The van der Waals surface area contributed by atoms with Crippen LogP contribution in [0.25, 0.3) is 0 Å². The number of ether oxygens (including phenoxy) is 2. The van der Waals surface area contributed by atoms with Gasteiger partial charge in [0.1, 0.15) is 11.5 Å². The van der Waals surface area contributed by atoms with Gasteiger partial charge in [0.2, 0.25) is 0 Å². The Morgan fingerprint density at radius 2 is 2.00 bits per heavy atom. The molecule has 1 aromatic carbocycles. The number of benzene rings is 1. The number of nitrogens with two attached hydrogens (primary N) is 1. The maximum atomic E-state index is 9.91. The standard InChI is InChI=1S/C12H19NO3/c1-12(14,8-13)7-9-4-5-10(15-2)6-11(9)16-3/h4-6,14H,7-8,13H2,1-3H3. The van der Waals surface area contributed by atoms with Crippen LogP contribution in [-0.2, 0) is 6.42 Å². The quantitative estimate of drug-likeness (QED) is 0.783. The van der Waals surface area contributed by atoms with Crippen molar-refractivity contribution in [2.24, 2.45) is 5.73 Å². The molecular formula is C12H19NO3. The van der Waals surface area contributed by atoms with E-state index >= 15 is 0 Å². The second kappa shape index (κ2) is 5.18. The van der Waals surface area contributed by atoms with Gasteiger partial charge in [-0.1, -0.05) is 6.07 Å². The summed E-state index contributed by atoms with van der Waals surface area (Å²) >= 11 is 0. The summed E-state index contributed by atoms with van der Waals surface area (Å²) in [5.41, 5.74) is 5.49. The SMILES string of the molecule is COc1ccc(CC(C)(O)CN)c(OC)c1. The molecule has 0 spiro atoms. The van der Waals surface area contributed by atoms with Crippen molar-refractivity contribution >= 4 is 0 Å². The highest BCUT2D eigenvalue weighted by Crippen LogP contribution is 2.27. The van der Waals surface area contributed by atoms with E-state index in [2.05, 4.69) is 0 Å². The van der Waals surface area contributed by atoms with Crippen LogP contribution in [0, 0.1) is 0 Å². The van der Waals surface area contributed by atoms with E-state index in [1.165, 1.54) is 0 Å². The summed E-state index contributed by atoms with van der Waals surface area (Å²) in [4.78, 5) is 0. The van der Waals surface area contributed by atoms with Gasteiger partial charge in [-0.05, 0) is 18.6 Å². The van der Waals surface area contributed by atoms with Crippen LogP contribution in [0.1, 0.15) is 12.5 Å². The minimum atomic E-state index is -0.915. The molecule has 0 saturated carbocycles. The van der Waals surface area contributed by atoms with Crippen LogP contribution in [-0.4, -0.2) is 31.5 Å². The van der Waals surface area contributed by atoms with E-state index in [0.29, 0.717) is 12.2 Å². The number of rotatable bonds is 5. The zero-order valence-corrected chi connectivity index (χ0v) is 9.99. The molecule has 0 aliphatic heterocycles. The van der Waals surface area contributed by atoms with Crippen molar-refractivity contribution < 1.29 is 14.6 Å². The molecule has 1 rings (SSSR count). The Kier molecular flexibility index (Phi) is 4.15. The summed E-state index contributed by atoms with van der Waals surface area (Å²) in [5.74, 6) is 1.43. The van der Waals surface area contributed by atoms with Gasteiger partial charge in [0.05, 0.1) is 19.8 Å². The van der Waals surface area contributed by atoms with Crippen LogP contribution in [0.15, 0.2) is 18.2 Å². The smallest absolute Gasteiger partial charge is 0.125 e. The molecule has 0 aromatic heterocycles. The van der Waals surface area contributed by atoms with E-state index < -0.39 is 5.60 Å². The largest absolute Gasteiger partial charge is 0.497 e. The van der Waals surface area contributed by atoms with Crippen molar-refractivity contribution in [3.05, 3.63) is 23.8 Å². The first-order valence-corrected chi connectivity index (χ1v) is 5.16. The molecule has 1 aromatic rings. The summed E-state index contributed by atoms with van der Waals surface area (Å²) in [6.07, 6.45) is 0.455. The Morgan fingerprint density at radius 1 is 1.31 bits per heavy atom.